The average Bonchev–Trinajstić information content (AvgIpc) is 3.31. The Morgan fingerprint density at radius 2 is 1.91 bits per heavy atom. The molecular weight excluding hydrogens is 531 g/mol. The molecule has 33 heavy (non-hydrogen) atoms. The minimum Gasteiger partial charge on any atom is -0.496 e. The number of hydrogen-bond acceptors (Lipinski definition) is 5. The molecule has 2 fully saturated rings. The van der Waals surface area contributed by atoms with E-state index in [-0.39, 0.29) is 30.0 Å². The average molecular weight is 575 g/mol. The van der Waals surface area contributed by atoms with E-state index in [0.29, 0.717) is 19.1 Å². The molecule has 2 atom stereocenters. The Hall–Kier alpha value is -1.10. The van der Waals surface area contributed by atoms with Crippen molar-refractivity contribution in [1.29, 1.82) is 0 Å². The van der Waals surface area contributed by atoms with Gasteiger partial charge in [-0.25, -0.2) is 0 Å². The summed E-state index contributed by atoms with van der Waals surface area (Å²) in [6.45, 7) is 10.1. The molecule has 0 spiro atoms. The zero-order valence-electron chi connectivity index (χ0n) is 20.6. The van der Waals surface area contributed by atoms with Crippen LogP contribution in [-0.4, -0.2) is 89.1 Å². The number of nitrogens with one attached hydrogen (secondary N) is 1. The third-order valence-electron chi connectivity index (χ3n) is 6.45. The Bertz CT molecular complexity index is 700. The third-order valence-corrected chi connectivity index (χ3v) is 6.45. The number of halogens is 1. The first-order chi connectivity index (χ1) is 15.8. The number of aliphatic imine (C=N–C) groups is 1. The molecular formula is C25H43IN4O3. The standard InChI is InChI=1S/C25H42N4O3.HI/c1-4-26-25(29-15-12-21(19-29)20-32-17-16-30-2)27-18-23(28-13-8-5-9-14-28)22-10-6-7-11-24(22)31-3;/h6-7,10-11,21,23H,4-5,8-9,12-20H2,1-3H3,(H,26,27);1H. The van der Waals surface area contributed by atoms with Crippen LogP contribution in [0.4, 0.5) is 0 Å². The molecule has 2 saturated heterocycles. The van der Waals surface area contributed by atoms with Crippen LogP contribution in [0.2, 0.25) is 0 Å². The van der Waals surface area contributed by atoms with Crippen LogP contribution >= 0.6 is 24.0 Å². The normalized spacial score (nSPS) is 20.4. The highest BCUT2D eigenvalue weighted by Crippen LogP contribution is 2.31. The Morgan fingerprint density at radius 1 is 1.12 bits per heavy atom. The van der Waals surface area contributed by atoms with Gasteiger partial charge < -0.3 is 24.4 Å². The zero-order valence-corrected chi connectivity index (χ0v) is 23.0. The lowest BCUT2D eigenvalue weighted by molar-refractivity contribution is 0.0536. The number of likely N-dealkylation sites (tertiary alicyclic amines) is 2. The minimum absolute atomic E-state index is 0. The van der Waals surface area contributed by atoms with Crippen molar-refractivity contribution in [3.05, 3.63) is 29.8 Å². The minimum atomic E-state index is 0. The summed E-state index contributed by atoms with van der Waals surface area (Å²) in [4.78, 5) is 10.1. The van der Waals surface area contributed by atoms with Crippen molar-refractivity contribution >= 4 is 29.9 Å². The number of rotatable bonds is 11. The number of benzene rings is 1. The molecule has 1 aromatic rings. The summed E-state index contributed by atoms with van der Waals surface area (Å²) < 4.78 is 16.6. The van der Waals surface area contributed by atoms with E-state index in [1.165, 1.54) is 24.8 Å². The molecule has 2 unspecified atom stereocenters. The smallest absolute Gasteiger partial charge is 0.193 e. The summed E-state index contributed by atoms with van der Waals surface area (Å²) in [6.07, 6.45) is 4.97. The Kier molecular flexibility index (Phi) is 13.4. The highest BCUT2D eigenvalue weighted by molar-refractivity contribution is 14.0. The van der Waals surface area contributed by atoms with Gasteiger partial charge in [-0.15, -0.1) is 24.0 Å². The first kappa shape index (κ1) is 28.1. The van der Waals surface area contributed by atoms with Gasteiger partial charge in [-0.05, 0) is 45.3 Å². The van der Waals surface area contributed by atoms with Crippen LogP contribution in [0.15, 0.2) is 29.3 Å². The van der Waals surface area contributed by atoms with Crippen molar-refractivity contribution in [3.8, 4) is 5.75 Å². The molecule has 0 saturated carbocycles. The van der Waals surface area contributed by atoms with E-state index >= 15 is 0 Å². The van der Waals surface area contributed by atoms with Gasteiger partial charge in [0.25, 0.3) is 0 Å². The van der Waals surface area contributed by atoms with Crippen LogP contribution in [0.25, 0.3) is 0 Å². The van der Waals surface area contributed by atoms with Crippen LogP contribution in [0, 0.1) is 5.92 Å². The highest BCUT2D eigenvalue weighted by Gasteiger charge is 2.27. The fraction of sp³-hybridized carbons (Fsp3) is 0.720. The number of guanidine groups is 1. The van der Waals surface area contributed by atoms with Crippen molar-refractivity contribution in [1.82, 2.24) is 15.1 Å². The maximum absolute atomic E-state index is 5.77. The fourth-order valence-electron chi connectivity index (χ4n) is 4.73. The number of nitrogens with zero attached hydrogens (tertiary/aromatic N) is 3. The predicted octanol–water partition coefficient (Wildman–Crippen LogP) is 3.79. The molecule has 0 aliphatic carbocycles. The summed E-state index contributed by atoms with van der Waals surface area (Å²) in [6, 6.07) is 8.65. The van der Waals surface area contributed by atoms with Gasteiger partial charge in [-0.2, -0.15) is 0 Å². The number of para-hydroxylation sites is 1. The Labute approximate surface area is 217 Å². The molecule has 2 heterocycles. The molecule has 2 aliphatic heterocycles. The van der Waals surface area contributed by atoms with Crippen LogP contribution < -0.4 is 10.1 Å². The van der Waals surface area contributed by atoms with Crippen LogP contribution in [0.5, 0.6) is 5.75 Å². The van der Waals surface area contributed by atoms with Crippen molar-refractivity contribution in [2.75, 3.05) is 73.3 Å². The molecule has 3 rings (SSSR count). The van der Waals surface area contributed by atoms with Crippen molar-refractivity contribution < 1.29 is 14.2 Å². The lowest BCUT2D eigenvalue weighted by Crippen LogP contribution is -2.41. The molecule has 1 aromatic carbocycles. The number of hydrogen-bond donors (Lipinski definition) is 1. The summed E-state index contributed by atoms with van der Waals surface area (Å²) in [5, 5.41) is 3.53. The molecule has 8 heteroatoms. The third kappa shape index (κ3) is 8.56. The van der Waals surface area contributed by atoms with Gasteiger partial charge in [0, 0.05) is 38.2 Å². The number of ether oxygens (including phenoxy) is 3. The molecule has 0 radical (unpaired) electrons. The highest BCUT2D eigenvalue weighted by atomic mass is 127. The molecule has 2 aliphatic rings. The van der Waals surface area contributed by atoms with Crippen molar-refractivity contribution in [2.24, 2.45) is 10.9 Å². The van der Waals surface area contributed by atoms with E-state index in [4.69, 9.17) is 19.2 Å². The van der Waals surface area contributed by atoms with E-state index in [2.05, 4.69) is 40.2 Å². The van der Waals surface area contributed by atoms with E-state index in [1.54, 1.807) is 14.2 Å². The van der Waals surface area contributed by atoms with Gasteiger partial charge in [0.15, 0.2) is 5.96 Å². The summed E-state index contributed by atoms with van der Waals surface area (Å²) in [7, 11) is 3.47. The van der Waals surface area contributed by atoms with Gasteiger partial charge in [-0.3, -0.25) is 9.89 Å². The maximum atomic E-state index is 5.77. The van der Waals surface area contributed by atoms with Gasteiger partial charge in [-0.1, -0.05) is 24.6 Å². The van der Waals surface area contributed by atoms with Crippen LogP contribution in [0.3, 0.4) is 0 Å². The van der Waals surface area contributed by atoms with Crippen molar-refractivity contribution in [2.45, 2.75) is 38.6 Å². The van der Waals surface area contributed by atoms with E-state index in [1.807, 2.05) is 6.07 Å². The first-order valence-corrected chi connectivity index (χ1v) is 12.2. The Morgan fingerprint density at radius 3 is 2.64 bits per heavy atom. The van der Waals surface area contributed by atoms with Gasteiger partial charge in [0.1, 0.15) is 5.75 Å². The van der Waals surface area contributed by atoms with Gasteiger partial charge in [0.05, 0.1) is 39.5 Å². The molecule has 0 aromatic heterocycles. The molecule has 1 N–H and O–H groups in total. The van der Waals surface area contributed by atoms with E-state index in [9.17, 15) is 0 Å². The SMILES string of the molecule is CCNC(=NCC(c1ccccc1OC)N1CCCCC1)N1CCC(COCCOC)C1.I. The number of piperidine rings is 1. The second kappa shape index (κ2) is 15.7. The molecule has 0 amide bonds. The van der Waals surface area contributed by atoms with Gasteiger partial charge >= 0.3 is 0 Å². The van der Waals surface area contributed by atoms with Crippen LogP contribution in [0.1, 0.15) is 44.2 Å². The second-order valence-corrected chi connectivity index (χ2v) is 8.72. The second-order valence-electron chi connectivity index (χ2n) is 8.72. The largest absolute Gasteiger partial charge is 0.496 e. The fourth-order valence-corrected chi connectivity index (χ4v) is 4.73. The number of methoxy groups -OCH3 is 2. The first-order valence-electron chi connectivity index (χ1n) is 12.2. The summed E-state index contributed by atoms with van der Waals surface area (Å²) in [5.41, 5.74) is 1.24. The summed E-state index contributed by atoms with van der Waals surface area (Å²) >= 11 is 0. The zero-order chi connectivity index (χ0) is 22.6. The molecule has 188 valence electrons. The monoisotopic (exact) mass is 574 g/mol. The lowest BCUT2D eigenvalue weighted by atomic mass is 10.0. The van der Waals surface area contributed by atoms with E-state index < -0.39 is 0 Å². The van der Waals surface area contributed by atoms with E-state index in [0.717, 1.165) is 64.0 Å². The maximum Gasteiger partial charge on any atom is 0.193 e. The molecule has 0 bridgehead atoms. The summed E-state index contributed by atoms with van der Waals surface area (Å²) in [5.74, 6) is 2.52. The lowest BCUT2D eigenvalue weighted by Gasteiger charge is -2.35. The predicted molar refractivity (Wildman–Crippen MR) is 145 cm³/mol. The quantitative estimate of drug-likeness (QED) is 0.188. The Balaban J connectivity index is 0.00000385. The molecule has 7 nitrogen and oxygen atoms in total. The van der Waals surface area contributed by atoms with Crippen molar-refractivity contribution in [3.63, 3.8) is 0 Å². The topological polar surface area (TPSA) is 58.6 Å². The van der Waals surface area contributed by atoms with Crippen LogP contribution in [-0.2, 0) is 9.47 Å². The van der Waals surface area contributed by atoms with Gasteiger partial charge in [0.2, 0.25) is 0 Å².